The number of benzene rings is 1. The summed E-state index contributed by atoms with van der Waals surface area (Å²) in [4.78, 5) is 21.8. The molecule has 6 heteroatoms. The van der Waals surface area contributed by atoms with Gasteiger partial charge in [0.2, 0.25) is 5.91 Å². The second-order valence-electron chi connectivity index (χ2n) is 7.60. The summed E-state index contributed by atoms with van der Waals surface area (Å²) in [5.41, 5.74) is 1.09. The molecular weight excluding hydrogens is 343 g/mol. The average Bonchev–Trinajstić information content (AvgIpc) is 2.72. The molecule has 0 aromatic heterocycles. The zero-order valence-electron chi connectivity index (χ0n) is 16.7. The molecule has 1 amide bonds. The summed E-state index contributed by atoms with van der Waals surface area (Å²) in [5.74, 6) is 0.0856. The Bertz CT molecular complexity index is 597. The number of likely N-dealkylation sites (tertiary alicyclic amines) is 1. The topological polar surface area (TPSA) is 30.0 Å². The first-order valence-electron chi connectivity index (χ1n) is 10.4. The Balaban J connectivity index is 1.50. The highest BCUT2D eigenvalue weighted by Gasteiger charge is 2.30. The molecule has 2 aliphatic rings. The number of halogens is 1. The quantitative estimate of drug-likeness (QED) is 0.762. The predicted octanol–water partition coefficient (Wildman–Crippen LogP) is 2.28. The number of anilines is 1. The molecule has 0 saturated carbocycles. The van der Waals surface area contributed by atoms with E-state index in [9.17, 15) is 9.18 Å². The van der Waals surface area contributed by atoms with Gasteiger partial charge < -0.3 is 9.80 Å². The van der Waals surface area contributed by atoms with Crippen LogP contribution in [0.25, 0.3) is 0 Å². The summed E-state index contributed by atoms with van der Waals surface area (Å²) in [6, 6.07) is 7.25. The maximum Gasteiger partial charge on any atom is 0.236 e. The second-order valence-corrected chi connectivity index (χ2v) is 7.60. The molecule has 0 unspecified atom stereocenters. The molecule has 0 aliphatic carbocycles. The summed E-state index contributed by atoms with van der Waals surface area (Å²) in [7, 11) is 0. The molecule has 150 valence electrons. The molecular formula is C21H33FN4O. The van der Waals surface area contributed by atoms with Gasteiger partial charge in [-0.15, -0.1) is 0 Å². The third-order valence-corrected chi connectivity index (χ3v) is 6.02. The monoisotopic (exact) mass is 376 g/mol. The SMILES string of the molecule is CCN(CC)CC(=O)N1CCC[C@@H](N2CCN(c3ccc(F)cc3)CC2)C1. The Kier molecular flexibility index (Phi) is 7.07. The molecule has 2 saturated heterocycles. The molecule has 1 atom stereocenters. The van der Waals surface area contributed by atoms with Gasteiger partial charge in [-0.1, -0.05) is 13.8 Å². The van der Waals surface area contributed by atoms with Crippen molar-refractivity contribution in [2.75, 3.05) is 63.8 Å². The molecule has 2 fully saturated rings. The van der Waals surface area contributed by atoms with Gasteiger partial charge in [-0.25, -0.2) is 4.39 Å². The first-order chi connectivity index (χ1) is 13.1. The van der Waals surface area contributed by atoms with Crippen LogP contribution in [-0.2, 0) is 4.79 Å². The van der Waals surface area contributed by atoms with Gasteiger partial charge in [-0.2, -0.15) is 0 Å². The van der Waals surface area contributed by atoms with Crippen LogP contribution in [-0.4, -0.2) is 85.6 Å². The van der Waals surface area contributed by atoms with Crippen molar-refractivity contribution in [2.45, 2.75) is 32.7 Å². The van der Waals surface area contributed by atoms with Crippen molar-refractivity contribution in [1.82, 2.24) is 14.7 Å². The Morgan fingerprint density at radius 2 is 1.74 bits per heavy atom. The van der Waals surface area contributed by atoms with E-state index in [1.54, 1.807) is 0 Å². The number of amides is 1. The average molecular weight is 377 g/mol. The summed E-state index contributed by atoms with van der Waals surface area (Å²) >= 11 is 0. The molecule has 0 N–H and O–H groups in total. The third kappa shape index (κ3) is 5.20. The van der Waals surface area contributed by atoms with Gasteiger partial charge in [-0.05, 0) is 50.2 Å². The summed E-state index contributed by atoms with van der Waals surface area (Å²) in [5, 5.41) is 0. The van der Waals surface area contributed by atoms with Gasteiger partial charge in [0.25, 0.3) is 0 Å². The lowest BCUT2D eigenvalue weighted by atomic mass is 10.0. The Morgan fingerprint density at radius 3 is 2.37 bits per heavy atom. The van der Waals surface area contributed by atoms with Crippen LogP contribution in [0.2, 0.25) is 0 Å². The lowest BCUT2D eigenvalue weighted by molar-refractivity contribution is -0.134. The first kappa shape index (κ1) is 20.1. The van der Waals surface area contributed by atoms with Crippen LogP contribution < -0.4 is 4.90 Å². The number of carbonyl (C=O) groups excluding carboxylic acids is 1. The van der Waals surface area contributed by atoms with Gasteiger partial charge in [0.1, 0.15) is 5.82 Å². The fraction of sp³-hybridized carbons (Fsp3) is 0.667. The van der Waals surface area contributed by atoms with Crippen LogP contribution in [0.1, 0.15) is 26.7 Å². The van der Waals surface area contributed by atoms with E-state index in [4.69, 9.17) is 0 Å². The van der Waals surface area contributed by atoms with Crippen molar-refractivity contribution < 1.29 is 9.18 Å². The number of carbonyl (C=O) groups is 1. The highest BCUT2D eigenvalue weighted by Crippen LogP contribution is 2.21. The van der Waals surface area contributed by atoms with Gasteiger partial charge in [0, 0.05) is 51.0 Å². The number of hydrogen-bond acceptors (Lipinski definition) is 4. The smallest absolute Gasteiger partial charge is 0.236 e. The first-order valence-corrected chi connectivity index (χ1v) is 10.4. The van der Waals surface area contributed by atoms with E-state index in [-0.39, 0.29) is 11.7 Å². The molecule has 5 nitrogen and oxygen atoms in total. The third-order valence-electron chi connectivity index (χ3n) is 6.02. The summed E-state index contributed by atoms with van der Waals surface area (Å²) < 4.78 is 13.1. The Morgan fingerprint density at radius 1 is 1.07 bits per heavy atom. The van der Waals surface area contributed by atoms with Crippen molar-refractivity contribution in [3.8, 4) is 0 Å². The summed E-state index contributed by atoms with van der Waals surface area (Å²) in [6.07, 6.45) is 2.26. The zero-order valence-corrected chi connectivity index (χ0v) is 16.7. The van der Waals surface area contributed by atoms with E-state index in [0.717, 1.165) is 64.5 Å². The van der Waals surface area contributed by atoms with Crippen LogP contribution in [0.15, 0.2) is 24.3 Å². The van der Waals surface area contributed by atoms with Crippen molar-refractivity contribution in [3.05, 3.63) is 30.1 Å². The zero-order chi connectivity index (χ0) is 19.2. The highest BCUT2D eigenvalue weighted by molar-refractivity contribution is 5.78. The number of nitrogens with zero attached hydrogens (tertiary/aromatic N) is 4. The predicted molar refractivity (Wildman–Crippen MR) is 108 cm³/mol. The summed E-state index contributed by atoms with van der Waals surface area (Å²) in [6.45, 7) is 12.3. The molecule has 2 aliphatic heterocycles. The fourth-order valence-electron chi connectivity index (χ4n) is 4.21. The maximum atomic E-state index is 13.1. The van der Waals surface area contributed by atoms with Gasteiger partial charge >= 0.3 is 0 Å². The molecule has 0 radical (unpaired) electrons. The second kappa shape index (κ2) is 9.51. The van der Waals surface area contributed by atoms with Crippen molar-refractivity contribution in [3.63, 3.8) is 0 Å². The minimum Gasteiger partial charge on any atom is -0.369 e. The van der Waals surface area contributed by atoms with Gasteiger partial charge in [0.15, 0.2) is 0 Å². The van der Waals surface area contributed by atoms with Crippen LogP contribution in [0.5, 0.6) is 0 Å². The lowest BCUT2D eigenvalue weighted by Crippen LogP contribution is -2.56. The fourth-order valence-corrected chi connectivity index (χ4v) is 4.21. The molecule has 1 aromatic carbocycles. The number of piperidine rings is 1. The van der Waals surface area contributed by atoms with Crippen molar-refractivity contribution >= 4 is 11.6 Å². The Hall–Kier alpha value is -1.66. The van der Waals surface area contributed by atoms with E-state index < -0.39 is 0 Å². The van der Waals surface area contributed by atoms with Gasteiger partial charge in [0.05, 0.1) is 6.54 Å². The minimum atomic E-state index is -0.186. The molecule has 2 heterocycles. The number of piperazine rings is 1. The standard InChI is InChI=1S/C21H33FN4O/c1-3-23(4-2)17-21(27)26-11-5-6-20(16-26)25-14-12-24(13-15-25)19-9-7-18(22)8-10-19/h7-10,20H,3-6,11-17H2,1-2H3/t20-/m1/s1. The minimum absolute atomic E-state index is 0.186. The molecule has 27 heavy (non-hydrogen) atoms. The normalized spacial score (nSPS) is 21.7. The van der Waals surface area contributed by atoms with Crippen LogP contribution >= 0.6 is 0 Å². The van der Waals surface area contributed by atoms with Crippen molar-refractivity contribution in [1.29, 1.82) is 0 Å². The molecule has 0 spiro atoms. The largest absolute Gasteiger partial charge is 0.369 e. The van der Waals surface area contributed by atoms with Crippen LogP contribution in [0.4, 0.5) is 10.1 Å². The number of hydrogen-bond donors (Lipinski definition) is 0. The van der Waals surface area contributed by atoms with Crippen LogP contribution in [0, 0.1) is 5.82 Å². The van der Waals surface area contributed by atoms with Crippen LogP contribution in [0.3, 0.4) is 0 Å². The molecule has 3 rings (SSSR count). The van der Waals surface area contributed by atoms with Crippen molar-refractivity contribution in [2.24, 2.45) is 0 Å². The van der Waals surface area contributed by atoms with E-state index in [2.05, 4.69) is 33.4 Å². The maximum absolute atomic E-state index is 13.1. The van der Waals surface area contributed by atoms with E-state index >= 15 is 0 Å². The van der Waals surface area contributed by atoms with E-state index in [1.165, 1.54) is 18.6 Å². The van der Waals surface area contributed by atoms with E-state index in [0.29, 0.717) is 12.6 Å². The molecule has 0 bridgehead atoms. The molecule has 1 aromatic rings. The lowest BCUT2D eigenvalue weighted by Gasteiger charge is -2.44. The van der Waals surface area contributed by atoms with E-state index in [1.807, 2.05) is 12.1 Å². The van der Waals surface area contributed by atoms with Gasteiger partial charge in [-0.3, -0.25) is 14.6 Å². The highest BCUT2D eigenvalue weighted by atomic mass is 19.1. The Labute approximate surface area is 162 Å². The number of rotatable bonds is 6. The number of likely N-dealkylation sites (N-methyl/N-ethyl adjacent to an activating group) is 1.